The molecule has 0 saturated carbocycles. The molecule has 7 nitrogen and oxygen atoms in total. The predicted octanol–water partition coefficient (Wildman–Crippen LogP) is 7.82. The van der Waals surface area contributed by atoms with Crippen LogP contribution in [0, 0.1) is 6.92 Å². The fourth-order valence-electron chi connectivity index (χ4n) is 4.85. The van der Waals surface area contributed by atoms with Crippen LogP contribution in [-0.4, -0.2) is 44.3 Å². The summed E-state index contributed by atoms with van der Waals surface area (Å²) in [6.07, 6.45) is 1.91. The van der Waals surface area contributed by atoms with Gasteiger partial charge in [-0.25, -0.2) is 8.42 Å². The third-order valence-corrected chi connectivity index (χ3v) is 10.5. The van der Waals surface area contributed by atoms with E-state index in [2.05, 4.69) is 21.2 Å². The van der Waals surface area contributed by atoms with Gasteiger partial charge in [-0.15, -0.1) is 0 Å². The van der Waals surface area contributed by atoms with Crippen LogP contribution in [0.1, 0.15) is 36.5 Å². The van der Waals surface area contributed by atoms with Gasteiger partial charge in [-0.2, -0.15) is 0 Å². The summed E-state index contributed by atoms with van der Waals surface area (Å²) in [5, 5.41) is 3.37. The summed E-state index contributed by atoms with van der Waals surface area (Å²) in [5.41, 5.74) is 2.69. The highest BCUT2D eigenvalue weighted by Gasteiger charge is 2.34. The molecule has 0 unspecified atom stereocenters. The number of rotatable bonds is 14. The van der Waals surface area contributed by atoms with Crippen LogP contribution in [0.3, 0.4) is 0 Å². The third-order valence-electron chi connectivity index (χ3n) is 7.45. The number of carbonyl (C=O) groups is 2. The maximum absolute atomic E-state index is 14.5. The molecule has 0 fully saturated rings. The lowest BCUT2D eigenvalue weighted by molar-refractivity contribution is -0.140. The lowest BCUT2D eigenvalue weighted by atomic mass is 10.0. The number of hydrogen-bond acceptors (Lipinski definition) is 4. The summed E-state index contributed by atoms with van der Waals surface area (Å²) in [6, 6.07) is 26.7. The number of carbonyl (C=O) groups excluding carboxylic acids is 2. The zero-order chi connectivity index (χ0) is 33.3. The molecule has 242 valence electrons. The van der Waals surface area contributed by atoms with Gasteiger partial charge in [0, 0.05) is 24.0 Å². The topological polar surface area (TPSA) is 86.8 Å². The van der Waals surface area contributed by atoms with Crippen molar-refractivity contribution in [2.45, 2.75) is 50.6 Å². The van der Waals surface area contributed by atoms with Gasteiger partial charge in [0.2, 0.25) is 11.8 Å². The summed E-state index contributed by atoms with van der Waals surface area (Å²) in [6.45, 7) is 3.83. The number of halogens is 3. The van der Waals surface area contributed by atoms with Crippen molar-refractivity contribution in [1.82, 2.24) is 10.2 Å². The Morgan fingerprint density at radius 2 is 1.54 bits per heavy atom. The molecule has 0 radical (unpaired) electrons. The number of nitrogens with zero attached hydrogens (tertiary/aromatic N) is 2. The Hall–Kier alpha value is -3.37. The number of anilines is 1. The van der Waals surface area contributed by atoms with E-state index in [1.165, 1.54) is 35.2 Å². The van der Waals surface area contributed by atoms with Gasteiger partial charge < -0.3 is 10.2 Å². The van der Waals surface area contributed by atoms with Gasteiger partial charge in [-0.05, 0) is 66.9 Å². The Kier molecular flexibility index (Phi) is 12.7. The van der Waals surface area contributed by atoms with Crippen LogP contribution in [-0.2, 0) is 32.6 Å². The smallest absolute Gasteiger partial charge is 0.264 e. The average Bonchev–Trinajstić information content (AvgIpc) is 3.04. The lowest BCUT2D eigenvalue weighted by Gasteiger charge is -2.34. The van der Waals surface area contributed by atoms with Crippen LogP contribution >= 0.6 is 39.1 Å². The van der Waals surface area contributed by atoms with Gasteiger partial charge in [-0.1, -0.05) is 113 Å². The fourth-order valence-corrected chi connectivity index (χ4v) is 6.82. The molecule has 4 rings (SSSR count). The SMILES string of the molecule is CCCCNC(=O)[C@H](Cc1ccccc1)N(Cc1ccc(Br)cc1)C(=O)CN(c1ccc(Cl)c(Cl)c1)S(=O)(=O)c1ccc(C)cc1. The average molecular weight is 746 g/mol. The molecule has 11 heteroatoms. The van der Waals surface area contributed by atoms with Crippen LogP contribution in [0.5, 0.6) is 0 Å². The van der Waals surface area contributed by atoms with Crippen LogP contribution in [0.4, 0.5) is 5.69 Å². The molecule has 4 aromatic rings. The Morgan fingerprint density at radius 1 is 0.870 bits per heavy atom. The highest BCUT2D eigenvalue weighted by atomic mass is 79.9. The zero-order valence-electron chi connectivity index (χ0n) is 25.6. The van der Waals surface area contributed by atoms with E-state index in [0.29, 0.717) is 6.54 Å². The Bertz CT molecular complexity index is 1740. The summed E-state index contributed by atoms with van der Waals surface area (Å²) in [4.78, 5) is 29.8. The molecule has 46 heavy (non-hydrogen) atoms. The van der Waals surface area contributed by atoms with Crippen molar-refractivity contribution in [2.75, 3.05) is 17.4 Å². The van der Waals surface area contributed by atoms with E-state index < -0.39 is 28.5 Å². The molecular formula is C35H36BrCl2N3O4S. The van der Waals surface area contributed by atoms with E-state index in [9.17, 15) is 18.0 Å². The minimum absolute atomic E-state index is 0.00887. The molecule has 0 aliphatic carbocycles. The van der Waals surface area contributed by atoms with Crippen molar-refractivity contribution in [3.05, 3.63) is 128 Å². The first kappa shape index (κ1) is 35.5. The summed E-state index contributed by atoms with van der Waals surface area (Å²) >= 11 is 16.0. The Labute approximate surface area is 289 Å². The van der Waals surface area contributed by atoms with Crippen molar-refractivity contribution in [1.29, 1.82) is 0 Å². The highest BCUT2D eigenvalue weighted by molar-refractivity contribution is 9.10. The van der Waals surface area contributed by atoms with Crippen molar-refractivity contribution >= 4 is 66.7 Å². The Morgan fingerprint density at radius 3 is 2.17 bits per heavy atom. The number of hydrogen-bond donors (Lipinski definition) is 1. The van der Waals surface area contributed by atoms with Crippen molar-refractivity contribution in [3.63, 3.8) is 0 Å². The molecule has 0 heterocycles. The molecule has 1 N–H and O–H groups in total. The molecule has 0 spiro atoms. The quantitative estimate of drug-likeness (QED) is 0.134. The van der Waals surface area contributed by atoms with E-state index in [1.54, 1.807) is 12.1 Å². The standard InChI is InChI=1S/C35H36BrCl2N3O4S/c1-3-4-20-39-35(43)33(21-26-8-6-5-7-9-26)40(23-27-12-14-28(36)15-13-27)34(42)24-41(29-16-19-31(37)32(38)22-29)46(44,45)30-17-10-25(2)11-18-30/h5-19,22,33H,3-4,20-21,23-24H2,1-2H3,(H,39,43)/t33-/m0/s1. The molecule has 4 aromatic carbocycles. The number of benzene rings is 4. The second kappa shape index (κ2) is 16.5. The van der Waals surface area contributed by atoms with Gasteiger partial charge in [0.05, 0.1) is 20.6 Å². The molecule has 0 aliphatic rings. The molecule has 2 amide bonds. The molecule has 0 saturated heterocycles. The zero-order valence-corrected chi connectivity index (χ0v) is 29.5. The van der Waals surface area contributed by atoms with E-state index in [4.69, 9.17) is 23.2 Å². The highest BCUT2D eigenvalue weighted by Crippen LogP contribution is 2.31. The van der Waals surface area contributed by atoms with Crippen molar-refractivity contribution < 1.29 is 18.0 Å². The first-order valence-corrected chi connectivity index (χ1v) is 17.9. The Balaban J connectivity index is 1.80. The summed E-state index contributed by atoms with van der Waals surface area (Å²) in [7, 11) is -4.25. The maximum Gasteiger partial charge on any atom is 0.264 e. The second-order valence-electron chi connectivity index (χ2n) is 10.9. The fraction of sp³-hybridized carbons (Fsp3) is 0.257. The number of amides is 2. The molecule has 0 aliphatic heterocycles. The maximum atomic E-state index is 14.5. The van der Waals surface area contributed by atoms with E-state index >= 15 is 0 Å². The minimum Gasteiger partial charge on any atom is -0.354 e. The van der Waals surface area contributed by atoms with Gasteiger partial charge in [-0.3, -0.25) is 13.9 Å². The van der Waals surface area contributed by atoms with Gasteiger partial charge in [0.15, 0.2) is 0 Å². The minimum atomic E-state index is -4.25. The summed E-state index contributed by atoms with van der Waals surface area (Å²) < 4.78 is 30.2. The summed E-state index contributed by atoms with van der Waals surface area (Å²) in [5.74, 6) is -0.874. The third kappa shape index (κ3) is 9.35. The monoisotopic (exact) mass is 743 g/mol. The largest absolute Gasteiger partial charge is 0.354 e. The number of sulfonamides is 1. The van der Waals surface area contributed by atoms with E-state index in [-0.39, 0.29) is 39.5 Å². The van der Waals surface area contributed by atoms with Gasteiger partial charge >= 0.3 is 0 Å². The first-order valence-electron chi connectivity index (χ1n) is 14.9. The molecule has 0 bridgehead atoms. The molecule has 0 aromatic heterocycles. The van der Waals surface area contributed by atoms with E-state index in [0.717, 1.165) is 38.3 Å². The van der Waals surface area contributed by atoms with Crippen LogP contribution in [0.25, 0.3) is 0 Å². The van der Waals surface area contributed by atoms with Crippen LogP contribution < -0.4 is 9.62 Å². The van der Waals surface area contributed by atoms with Crippen LogP contribution in [0.15, 0.2) is 106 Å². The van der Waals surface area contributed by atoms with E-state index in [1.807, 2.05) is 68.4 Å². The van der Waals surface area contributed by atoms with Crippen molar-refractivity contribution in [3.8, 4) is 0 Å². The second-order valence-corrected chi connectivity index (χ2v) is 14.5. The normalized spacial score (nSPS) is 11.9. The van der Waals surface area contributed by atoms with Gasteiger partial charge in [0.1, 0.15) is 12.6 Å². The number of nitrogens with one attached hydrogen (secondary N) is 1. The number of aryl methyl sites for hydroxylation is 1. The number of unbranched alkanes of at least 4 members (excludes halogenated alkanes) is 1. The van der Waals surface area contributed by atoms with Crippen LogP contribution in [0.2, 0.25) is 10.0 Å². The van der Waals surface area contributed by atoms with Gasteiger partial charge in [0.25, 0.3) is 10.0 Å². The predicted molar refractivity (Wildman–Crippen MR) is 189 cm³/mol. The molecule has 1 atom stereocenters. The lowest BCUT2D eigenvalue weighted by Crippen LogP contribution is -2.53. The first-order chi connectivity index (χ1) is 22.0. The van der Waals surface area contributed by atoms with Crippen molar-refractivity contribution in [2.24, 2.45) is 0 Å². The molecular weight excluding hydrogens is 709 g/mol.